The van der Waals surface area contributed by atoms with Gasteiger partial charge in [0.25, 0.3) is 0 Å². The molecule has 0 spiro atoms. The highest BCUT2D eigenvalue weighted by Gasteiger charge is 2.28. The van der Waals surface area contributed by atoms with Crippen LogP contribution in [0.4, 0.5) is 13.2 Å². The van der Waals surface area contributed by atoms with Gasteiger partial charge in [-0.15, -0.1) is 0 Å². The topological polar surface area (TPSA) is 86.1 Å². The molecule has 1 aliphatic heterocycles. The minimum atomic E-state index is -3.59. The molecule has 0 radical (unpaired) electrons. The van der Waals surface area contributed by atoms with Crippen LogP contribution in [0, 0.1) is 5.82 Å². The number of hydrogen-bond donors (Lipinski definition) is 1. The first-order valence-electron chi connectivity index (χ1n) is 10.3. The van der Waals surface area contributed by atoms with Crippen molar-refractivity contribution in [1.82, 2.24) is 19.9 Å². The Morgan fingerprint density at radius 1 is 1.18 bits per heavy atom. The first-order valence-corrected chi connectivity index (χ1v) is 12.2. The molecular weight excluding hydrogens is 469 g/mol. The smallest absolute Gasteiger partial charge is 0.387 e. The van der Waals surface area contributed by atoms with Gasteiger partial charge in [-0.2, -0.15) is 8.78 Å². The van der Waals surface area contributed by atoms with E-state index in [2.05, 4.69) is 15.3 Å². The quantitative estimate of drug-likeness (QED) is 0.458. The number of rotatable bonds is 5. The van der Waals surface area contributed by atoms with Gasteiger partial charge in [0, 0.05) is 36.2 Å². The van der Waals surface area contributed by atoms with Crippen molar-refractivity contribution in [3.63, 3.8) is 0 Å². The zero-order valence-corrected chi connectivity index (χ0v) is 18.7. The van der Waals surface area contributed by atoms with E-state index in [4.69, 9.17) is 4.74 Å². The molecule has 11 heteroatoms. The van der Waals surface area contributed by atoms with E-state index in [9.17, 15) is 17.2 Å². The van der Waals surface area contributed by atoms with Crippen LogP contribution in [-0.4, -0.2) is 42.4 Å². The summed E-state index contributed by atoms with van der Waals surface area (Å²) >= 11 is 0. The van der Waals surface area contributed by atoms with Crippen LogP contribution in [0.1, 0.15) is 17.4 Å². The van der Waals surface area contributed by atoms with Crippen LogP contribution in [0.25, 0.3) is 22.2 Å². The number of para-hydroxylation sites is 1. The second-order valence-electron chi connectivity index (χ2n) is 7.94. The summed E-state index contributed by atoms with van der Waals surface area (Å²) in [6.07, 6.45) is 2.34. The van der Waals surface area contributed by atoms with E-state index in [1.54, 1.807) is 24.3 Å². The molecule has 2 aromatic heterocycles. The highest BCUT2D eigenvalue weighted by molar-refractivity contribution is 7.90. The minimum absolute atomic E-state index is 0.0493. The van der Waals surface area contributed by atoms with E-state index in [0.29, 0.717) is 41.1 Å². The third-order valence-electron chi connectivity index (χ3n) is 5.70. The van der Waals surface area contributed by atoms with Crippen LogP contribution in [-0.2, 0) is 16.4 Å². The third kappa shape index (κ3) is 4.01. The van der Waals surface area contributed by atoms with E-state index >= 15 is 4.39 Å². The highest BCUT2D eigenvalue weighted by atomic mass is 32.2. The van der Waals surface area contributed by atoms with Gasteiger partial charge < -0.3 is 14.6 Å². The van der Waals surface area contributed by atoms with Gasteiger partial charge in [-0.3, -0.25) is 0 Å². The molecule has 0 saturated heterocycles. The molecule has 0 saturated carbocycles. The Morgan fingerprint density at radius 3 is 2.74 bits per heavy atom. The number of hydrogen-bond acceptors (Lipinski definition) is 6. The molecule has 1 aliphatic rings. The number of sulfone groups is 1. The van der Waals surface area contributed by atoms with Crippen molar-refractivity contribution in [3.05, 3.63) is 71.9 Å². The Kier molecular flexibility index (Phi) is 5.53. The lowest BCUT2D eigenvalue weighted by Gasteiger charge is -2.28. The van der Waals surface area contributed by atoms with Crippen molar-refractivity contribution in [2.24, 2.45) is 0 Å². The fraction of sp³-hybridized carbons (Fsp3) is 0.217. The Morgan fingerprint density at radius 2 is 1.97 bits per heavy atom. The second-order valence-corrected chi connectivity index (χ2v) is 9.90. The number of pyridine rings is 1. The normalized spacial score (nSPS) is 16.1. The van der Waals surface area contributed by atoms with E-state index in [1.807, 2.05) is 4.57 Å². The van der Waals surface area contributed by atoms with Crippen molar-refractivity contribution >= 4 is 20.9 Å². The lowest BCUT2D eigenvalue weighted by molar-refractivity contribution is -0.0507. The average molecular weight is 488 g/mol. The van der Waals surface area contributed by atoms with Crippen LogP contribution in [0.3, 0.4) is 0 Å². The second kappa shape index (κ2) is 8.41. The molecule has 0 aliphatic carbocycles. The van der Waals surface area contributed by atoms with Crippen molar-refractivity contribution in [2.45, 2.75) is 24.2 Å². The number of benzene rings is 2. The number of alkyl halides is 2. The van der Waals surface area contributed by atoms with E-state index < -0.39 is 28.3 Å². The molecule has 176 valence electrons. The summed E-state index contributed by atoms with van der Waals surface area (Å²) in [5.74, 6) is 0.0917. The summed E-state index contributed by atoms with van der Waals surface area (Å²) in [5.41, 5.74) is 2.04. The maximum Gasteiger partial charge on any atom is 0.387 e. The highest BCUT2D eigenvalue weighted by Crippen LogP contribution is 2.36. The minimum Gasteiger partial charge on any atom is -0.434 e. The molecule has 4 aromatic rings. The fourth-order valence-electron chi connectivity index (χ4n) is 4.26. The van der Waals surface area contributed by atoms with E-state index in [-0.39, 0.29) is 16.3 Å². The van der Waals surface area contributed by atoms with E-state index in [0.717, 1.165) is 6.26 Å². The molecule has 34 heavy (non-hydrogen) atoms. The monoisotopic (exact) mass is 488 g/mol. The molecule has 5 rings (SSSR count). The lowest BCUT2D eigenvalue weighted by Crippen LogP contribution is -2.34. The maximum absolute atomic E-state index is 15.1. The standard InChI is InChI=1S/C23H19F3N4O3S/c1-34(31,32)22-8-13(6-7-28-22)15-9-18-17(10-16(15)24)29-21-12-27-11-19(30(18)21)14-4-2-3-5-20(14)33-23(25)26/h2-10,19,23,27H,11-12H2,1H3/t19-/m1/s1. The summed E-state index contributed by atoms with van der Waals surface area (Å²) in [6.45, 7) is -2.15. The molecule has 0 fully saturated rings. The predicted molar refractivity (Wildman–Crippen MR) is 119 cm³/mol. The Bertz CT molecular complexity index is 1500. The number of aromatic nitrogens is 3. The fourth-order valence-corrected chi connectivity index (χ4v) is 4.85. The van der Waals surface area contributed by atoms with Gasteiger partial charge in [-0.05, 0) is 29.8 Å². The summed E-state index contributed by atoms with van der Waals surface area (Å²) in [5, 5.41) is 3.05. The Hall–Kier alpha value is -3.44. The van der Waals surface area contributed by atoms with Crippen LogP contribution < -0.4 is 10.1 Å². The summed E-state index contributed by atoms with van der Waals surface area (Å²) in [7, 11) is -3.59. The molecular formula is C23H19F3N4O3S. The van der Waals surface area contributed by atoms with Gasteiger partial charge in [-0.25, -0.2) is 22.8 Å². The van der Waals surface area contributed by atoms with Gasteiger partial charge in [0.05, 0.1) is 23.6 Å². The zero-order valence-electron chi connectivity index (χ0n) is 17.9. The molecule has 0 unspecified atom stereocenters. The van der Waals surface area contributed by atoms with Gasteiger partial charge in [-0.1, -0.05) is 18.2 Å². The lowest BCUT2D eigenvalue weighted by atomic mass is 10.0. The first kappa shape index (κ1) is 22.4. The van der Waals surface area contributed by atoms with Crippen molar-refractivity contribution in [3.8, 4) is 16.9 Å². The molecule has 1 N–H and O–H groups in total. The molecule has 0 amide bonds. The van der Waals surface area contributed by atoms with Crippen LogP contribution in [0.2, 0.25) is 0 Å². The first-order chi connectivity index (χ1) is 16.2. The number of fused-ring (bicyclic) bond motifs is 3. The van der Waals surface area contributed by atoms with Crippen LogP contribution in [0.15, 0.2) is 59.8 Å². The van der Waals surface area contributed by atoms with Crippen LogP contribution >= 0.6 is 0 Å². The Balaban J connectivity index is 1.69. The molecule has 2 aromatic carbocycles. The molecule has 3 heterocycles. The largest absolute Gasteiger partial charge is 0.434 e. The van der Waals surface area contributed by atoms with Gasteiger partial charge in [0.1, 0.15) is 17.4 Å². The number of ether oxygens (including phenoxy) is 1. The van der Waals surface area contributed by atoms with Crippen molar-refractivity contribution < 1.29 is 26.3 Å². The zero-order chi connectivity index (χ0) is 24.0. The Labute approximate surface area is 193 Å². The number of nitrogens with zero attached hydrogens (tertiary/aromatic N) is 3. The van der Waals surface area contributed by atoms with Crippen molar-refractivity contribution in [1.29, 1.82) is 0 Å². The maximum atomic E-state index is 15.1. The summed E-state index contributed by atoms with van der Waals surface area (Å²) in [6, 6.07) is 11.8. The number of nitrogens with one attached hydrogen (secondary N) is 1. The van der Waals surface area contributed by atoms with Gasteiger partial charge in [0.15, 0.2) is 14.9 Å². The van der Waals surface area contributed by atoms with Crippen molar-refractivity contribution in [2.75, 3.05) is 12.8 Å². The van der Waals surface area contributed by atoms with Crippen LogP contribution in [0.5, 0.6) is 5.75 Å². The summed E-state index contributed by atoms with van der Waals surface area (Å²) in [4.78, 5) is 8.40. The van der Waals surface area contributed by atoms with Gasteiger partial charge in [0.2, 0.25) is 0 Å². The SMILES string of the molecule is CS(=O)(=O)c1cc(-c2cc3c(cc2F)nc2n3[C@@H](c3ccccc3OC(F)F)CNC2)ccn1. The molecule has 0 bridgehead atoms. The number of halogens is 3. The average Bonchev–Trinajstić information content (AvgIpc) is 3.15. The molecule has 7 nitrogen and oxygen atoms in total. The molecule has 1 atom stereocenters. The summed E-state index contributed by atoms with van der Waals surface area (Å²) < 4.78 is 71.6. The number of imidazole rings is 1. The van der Waals surface area contributed by atoms with E-state index in [1.165, 1.54) is 30.5 Å². The third-order valence-corrected chi connectivity index (χ3v) is 6.69. The van der Waals surface area contributed by atoms with Gasteiger partial charge >= 0.3 is 6.61 Å². The predicted octanol–water partition coefficient (Wildman–Crippen LogP) is 3.93.